The molecule has 3 amide bonds. The zero-order chi connectivity index (χ0) is 22.9. The van der Waals surface area contributed by atoms with E-state index in [-0.39, 0.29) is 31.2 Å². The van der Waals surface area contributed by atoms with Crippen LogP contribution in [0.5, 0.6) is 5.75 Å². The number of nitrogens with one attached hydrogen (secondary N) is 3. The number of benzene rings is 2. The van der Waals surface area contributed by atoms with E-state index in [0.29, 0.717) is 11.4 Å². The van der Waals surface area contributed by atoms with Crippen molar-refractivity contribution in [2.75, 3.05) is 24.3 Å². The van der Waals surface area contributed by atoms with Gasteiger partial charge < -0.3 is 25.4 Å². The molecule has 0 saturated heterocycles. The van der Waals surface area contributed by atoms with Gasteiger partial charge in [-0.15, -0.1) is 0 Å². The quantitative estimate of drug-likeness (QED) is 0.595. The Morgan fingerprint density at radius 2 is 1.45 bits per heavy atom. The Bertz CT molecular complexity index is 904. The van der Waals surface area contributed by atoms with Gasteiger partial charge in [-0.05, 0) is 50.6 Å². The van der Waals surface area contributed by atoms with Gasteiger partial charge in [0.1, 0.15) is 11.4 Å². The van der Waals surface area contributed by atoms with Crippen molar-refractivity contribution in [3.63, 3.8) is 0 Å². The van der Waals surface area contributed by atoms with Crippen molar-refractivity contribution in [3.8, 4) is 5.75 Å². The summed E-state index contributed by atoms with van der Waals surface area (Å²) in [7, 11) is 1.58. The van der Waals surface area contributed by atoms with E-state index in [1.165, 1.54) is 0 Å². The van der Waals surface area contributed by atoms with E-state index in [9.17, 15) is 14.4 Å². The summed E-state index contributed by atoms with van der Waals surface area (Å²) >= 11 is 0. The second-order valence-corrected chi connectivity index (χ2v) is 7.85. The van der Waals surface area contributed by atoms with Gasteiger partial charge in [-0.2, -0.15) is 0 Å². The number of carbonyl (C=O) groups is 3. The molecule has 2 aromatic carbocycles. The highest BCUT2D eigenvalue weighted by Gasteiger charge is 2.16. The highest BCUT2D eigenvalue weighted by Crippen LogP contribution is 2.21. The zero-order valence-electron chi connectivity index (χ0n) is 18.3. The van der Waals surface area contributed by atoms with E-state index in [1.807, 2.05) is 12.1 Å². The zero-order valence-corrected chi connectivity index (χ0v) is 18.3. The lowest BCUT2D eigenvalue weighted by Crippen LogP contribution is -2.34. The largest absolute Gasteiger partial charge is 0.497 e. The van der Waals surface area contributed by atoms with Crippen molar-refractivity contribution in [3.05, 3.63) is 54.1 Å². The molecule has 166 valence electrons. The molecular formula is C23H29N3O5. The second kappa shape index (κ2) is 11.0. The van der Waals surface area contributed by atoms with Crippen LogP contribution in [0.4, 0.5) is 16.2 Å². The lowest BCUT2D eigenvalue weighted by atomic mass is 10.1. The van der Waals surface area contributed by atoms with Gasteiger partial charge in [0, 0.05) is 13.0 Å². The SMILES string of the molecule is COc1ccc(CC(=O)Nc2ccccc2NC(=O)CCNC(=O)OC(C)(C)C)cc1. The molecule has 0 aliphatic rings. The smallest absolute Gasteiger partial charge is 0.407 e. The van der Waals surface area contributed by atoms with Crippen molar-refractivity contribution < 1.29 is 23.9 Å². The predicted molar refractivity (Wildman–Crippen MR) is 119 cm³/mol. The lowest BCUT2D eigenvalue weighted by molar-refractivity contribution is -0.116. The monoisotopic (exact) mass is 427 g/mol. The maximum atomic E-state index is 12.4. The average Bonchev–Trinajstić information content (AvgIpc) is 2.68. The Morgan fingerprint density at radius 1 is 0.871 bits per heavy atom. The summed E-state index contributed by atoms with van der Waals surface area (Å²) in [5.41, 5.74) is 1.21. The summed E-state index contributed by atoms with van der Waals surface area (Å²) in [5, 5.41) is 8.11. The minimum atomic E-state index is -0.602. The second-order valence-electron chi connectivity index (χ2n) is 7.85. The maximum absolute atomic E-state index is 12.4. The molecule has 31 heavy (non-hydrogen) atoms. The Hall–Kier alpha value is -3.55. The number of carbonyl (C=O) groups excluding carboxylic acids is 3. The normalized spacial score (nSPS) is 10.7. The van der Waals surface area contributed by atoms with Gasteiger partial charge >= 0.3 is 6.09 Å². The number of methoxy groups -OCH3 is 1. The van der Waals surface area contributed by atoms with Crippen molar-refractivity contribution >= 4 is 29.3 Å². The molecule has 0 aromatic heterocycles. The van der Waals surface area contributed by atoms with E-state index in [1.54, 1.807) is 64.3 Å². The van der Waals surface area contributed by atoms with E-state index >= 15 is 0 Å². The summed E-state index contributed by atoms with van der Waals surface area (Å²) in [6, 6.07) is 14.2. The summed E-state index contributed by atoms with van der Waals surface area (Å²) < 4.78 is 10.2. The third-order valence-electron chi connectivity index (χ3n) is 4.02. The van der Waals surface area contributed by atoms with Crippen molar-refractivity contribution in [2.45, 2.75) is 39.2 Å². The minimum Gasteiger partial charge on any atom is -0.497 e. The van der Waals surface area contributed by atoms with Gasteiger partial charge in [0.05, 0.1) is 24.9 Å². The van der Waals surface area contributed by atoms with Crippen LogP contribution in [0.15, 0.2) is 48.5 Å². The molecule has 8 nitrogen and oxygen atoms in total. The molecule has 0 bridgehead atoms. The van der Waals surface area contributed by atoms with Crippen LogP contribution >= 0.6 is 0 Å². The Morgan fingerprint density at radius 3 is 2.00 bits per heavy atom. The van der Waals surface area contributed by atoms with Gasteiger partial charge in [-0.3, -0.25) is 9.59 Å². The molecule has 0 radical (unpaired) electrons. The topological polar surface area (TPSA) is 106 Å². The number of hydrogen-bond donors (Lipinski definition) is 3. The fourth-order valence-corrected chi connectivity index (χ4v) is 2.63. The van der Waals surface area contributed by atoms with E-state index < -0.39 is 11.7 Å². The lowest BCUT2D eigenvalue weighted by Gasteiger charge is -2.19. The van der Waals surface area contributed by atoms with Gasteiger partial charge in [0.15, 0.2) is 0 Å². The van der Waals surface area contributed by atoms with Crippen LogP contribution in [0.25, 0.3) is 0 Å². The standard InChI is InChI=1S/C23H29N3O5/c1-23(2,3)31-22(29)24-14-13-20(27)25-18-7-5-6-8-19(18)26-21(28)15-16-9-11-17(30-4)12-10-16/h5-12H,13-15H2,1-4H3,(H,24,29)(H,25,27)(H,26,28). The molecule has 0 saturated carbocycles. The summed E-state index contributed by atoms with van der Waals surface area (Å²) in [6.07, 6.45) is -0.328. The number of para-hydroxylation sites is 2. The summed E-state index contributed by atoms with van der Waals surface area (Å²) in [6.45, 7) is 5.42. The highest BCUT2D eigenvalue weighted by atomic mass is 16.6. The molecule has 0 atom stereocenters. The Balaban J connectivity index is 1.87. The van der Waals surface area contributed by atoms with E-state index in [2.05, 4.69) is 16.0 Å². The van der Waals surface area contributed by atoms with Crippen LogP contribution in [0.1, 0.15) is 32.8 Å². The Labute approximate surface area is 182 Å². The number of anilines is 2. The van der Waals surface area contributed by atoms with E-state index in [0.717, 1.165) is 11.3 Å². The summed E-state index contributed by atoms with van der Waals surface area (Å²) in [5.74, 6) is 0.213. The number of ether oxygens (including phenoxy) is 2. The molecule has 0 unspecified atom stereocenters. The third kappa shape index (κ3) is 8.77. The molecule has 3 N–H and O–H groups in total. The first-order valence-electron chi connectivity index (χ1n) is 9.95. The van der Waals surface area contributed by atoms with Gasteiger partial charge in [0.25, 0.3) is 0 Å². The van der Waals surface area contributed by atoms with Crippen molar-refractivity contribution in [1.29, 1.82) is 0 Å². The maximum Gasteiger partial charge on any atom is 0.407 e. The molecule has 0 spiro atoms. The number of rotatable bonds is 8. The van der Waals surface area contributed by atoms with Crippen LogP contribution in [-0.4, -0.2) is 37.2 Å². The molecule has 2 aromatic rings. The van der Waals surface area contributed by atoms with Gasteiger partial charge in [0.2, 0.25) is 11.8 Å². The fourth-order valence-electron chi connectivity index (χ4n) is 2.63. The first kappa shape index (κ1) is 23.7. The number of alkyl carbamates (subject to hydrolysis) is 1. The molecular weight excluding hydrogens is 398 g/mol. The molecule has 0 fully saturated rings. The van der Waals surface area contributed by atoms with Crippen molar-refractivity contribution in [2.24, 2.45) is 0 Å². The van der Waals surface area contributed by atoms with Gasteiger partial charge in [-0.1, -0.05) is 24.3 Å². The number of hydrogen-bond acceptors (Lipinski definition) is 5. The number of amides is 3. The van der Waals surface area contributed by atoms with Crippen LogP contribution in [0, 0.1) is 0 Å². The predicted octanol–water partition coefficient (Wildman–Crippen LogP) is 3.73. The average molecular weight is 428 g/mol. The van der Waals surface area contributed by atoms with Crippen LogP contribution < -0.4 is 20.7 Å². The molecule has 8 heteroatoms. The van der Waals surface area contributed by atoms with Gasteiger partial charge in [-0.25, -0.2) is 4.79 Å². The molecule has 0 aliphatic heterocycles. The summed E-state index contributed by atoms with van der Waals surface area (Å²) in [4.78, 5) is 36.3. The Kier molecular flexibility index (Phi) is 8.43. The molecule has 2 rings (SSSR count). The highest BCUT2D eigenvalue weighted by molar-refractivity contribution is 6.00. The van der Waals surface area contributed by atoms with Crippen molar-refractivity contribution in [1.82, 2.24) is 5.32 Å². The minimum absolute atomic E-state index is 0.0629. The molecule has 0 heterocycles. The van der Waals surface area contributed by atoms with Crippen LogP contribution in [0.2, 0.25) is 0 Å². The first-order chi connectivity index (χ1) is 14.7. The first-order valence-corrected chi connectivity index (χ1v) is 9.95. The third-order valence-corrected chi connectivity index (χ3v) is 4.02. The fraction of sp³-hybridized carbons (Fsp3) is 0.348. The van der Waals surface area contributed by atoms with Crippen LogP contribution in [-0.2, 0) is 20.7 Å². The molecule has 0 aliphatic carbocycles. The van der Waals surface area contributed by atoms with Crippen LogP contribution in [0.3, 0.4) is 0 Å². The van der Waals surface area contributed by atoms with E-state index in [4.69, 9.17) is 9.47 Å².